The summed E-state index contributed by atoms with van der Waals surface area (Å²) in [6.45, 7) is 0.578. The van der Waals surface area contributed by atoms with Gasteiger partial charge in [-0.25, -0.2) is 0 Å². The van der Waals surface area contributed by atoms with E-state index in [9.17, 15) is 0 Å². The molecule has 3 heteroatoms. The second-order valence-corrected chi connectivity index (χ2v) is 7.25. The molecule has 4 rings (SSSR count). The van der Waals surface area contributed by atoms with Crippen molar-refractivity contribution in [3.8, 4) is 0 Å². The van der Waals surface area contributed by atoms with Gasteiger partial charge >= 0.3 is 0 Å². The highest BCUT2D eigenvalue weighted by molar-refractivity contribution is 6.31. The molecule has 2 aliphatic rings. The van der Waals surface area contributed by atoms with Gasteiger partial charge in [-0.2, -0.15) is 0 Å². The van der Waals surface area contributed by atoms with Crippen LogP contribution in [0.4, 0.5) is 0 Å². The lowest BCUT2D eigenvalue weighted by Crippen LogP contribution is -2.39. The maximum absolute atomic E-state index is 6.40. The molecule has 0 unspecified atom stereocenters. The molecule has 2 fully saturated rings. The van der Waals surface area contributed by atoms with Crippen LogP contribution in [0.2, 0.25) is 5.02 Å². The maximum atomic E-state index is 6.40. The third kappa shape index (κ3) is 3.37. The predicted molar refractivity (Wildman–Crippen MR) is 96.0 cm³/mol. The molecule has 0 spiro atoms. The fraction of sp³-hybridized carbons (Fsp3) is 0.429. The summed E-state index contributed by atoms with van der Waals surface area (Å²) in [5, 5.41) is 0.784. The standard InChI is InChI=1S/C21H23ClO2/c22-18-11-5-4-9-16(18)14-23-21-13-20(15-7-2-1-3-8-15)24-19-12-6-10-17(19)21/h1-5,7-9,11,17,19-21H,6,10,12-14H2/t17-,19-,20-,21-/m1/s1. The first-order valence-corrected chi connectivity index (χ1v) is 9.24. The Morgan fingerprint density at radius 1 is 1.00 bits per heavy atom. The van der Waals surface area contributed by atoms with E-state index >= 15 is 0 Å². The van der Waals surface area contributed by atoms with E-state index in [0.717, 1.165) is 23.4 Å². The predicted octanol–water partition coefficient (Wildman–Crippen LogP) is 5.56. The lowest BCUT2D eigenvalue weighted by atomic mass is 9.88. The Labute approximate surface area is 148 Å². The Morgan fingerprint density at radius 3 is 2.62 bits per heavy atom. The van der Waals surface area contributed by atoms with E-state index in [1.54, 1.807) is 0 Å². The van der Waals surface area contributed by atoms with Gasteiger partial charge in [0, 0.05) is 17.4 Å². The topological polar surface area (TPSA) is 18.5 Å². The van der Waals surface area contributed by atoms with Crippen LogP contribution in [0, 0.1) is 5.92 Å². The summed E-state index contributed by atoms with van der Waals surface area (Å²) in [5.41, 5.74) is 2.32. The zero-order valence-electron chi connectivity index (χ0n) is 13.7. The lowest BCUT2D eigenvalue weighted by molar-refractivity contribution is -0.148. The average molecular weight is 343 g/mol. The van der Waals surface area contributed by atoms with E-state index in [1.165, 1.54) is 18.4 Å². The first-order valence-electron chi connectivity index (χ1n) is 8.86. The van der Waals surface area contributed by atoms with Gasteiger partial charge in [0.15, 0.2) is 0 Å². The van der Waals surface area contributed by atoms with Crippen LogP contribution in [0.3, 0.4) is 0 Å². The smallest absolute Gasteiger partial charge is 0.0853 e. The maximum Gasteiger partial charge on any atom is 0.0853 e. The monoisotopic (exact) mass is 342 g/mol. The number of halogens is 1. The minimum absolute atomic E-state index is 0.141. The van der Waals surface area contributed by atoms with Crippen LogP contribution < -0.4 is 0 Å². The summed E-state index contributed by atoms with van der Waals surface area (Å²) < 4.78 is 12.7. The molecule has 4 atom stereocenters. The Bertz CT molecular complexity index is 673. The van der Waals surface area contributed by atoms with E-state index in [4.69, 9.17) is 21.1 Å². The van der Waals surface area contributed by atoms with Crippen molar-refractivity contribution in [1.82, 2.24) is 0 Å². The Balaban J connectivity index is 1.49. The van der Waals surface area contributed by atoms with Crippen molar-refractivity contribution in [2.75, 3.05) is 0 Å². The van der Waals surface area contributed by atoms with Gasteiger partial charge in [-0.15, -0.1) is 0 Å². The van der Waals surface area contributed by atoms with Gasteiger partial charge in [-0.3, -0.25) is 0 Å². The molecule has 2 aromatic carbocycles. The normalized spacial score (nSPS) is 29.4. The van der Waals surface area contributed by atoms with Gasteiger partial charge in [-0.05, 0) is 30.0 Å². The molecule has 0 N–H and O–H groups in total. The summed E-state index contributed by atoms with van der Waals surface area (Å²) >= 11 is 6.27. The van der Waals surface area contributed by atoms with E-state index in [1.807, 2.05) is 24.3 Å². The van der Waals surface area contributed by atoms with E-state index in [0.29, 0.717) is 18.6 Å². The fourth-order valence-electron chi connectivity index (χ4n) is 4.09. The van der Waals surface area contributed by atoms with Crippen LogP contribution in [0.1, 0.15) is 42.9 Å². The second-order valence-electron chi connectivity index (χ2n) is 6.85. The van der Waals surface area contributed by atoms with Crippen LogP contribution in [-0.2, 0) is 16.1 Å². The van der Waals surface area contributed by atoms with Gasteiger partial charge in [0.05, 0.1) is 24.9 Å². The second kappa shape index (κ2) is 7.26. The van der Waals surface area contributed by atoms with Crippen LogP contribution in [-0.4, -0.2) is 12.2 Å². The summed E-state index contributed by atoms with van der Waals surface area (Å²) in [5.74, 6) is 0.521. The van der Waals surface area contributed by atoms with Crippen molar-refractivity contribution in [1.29, 1.82) is 0 Å². The number of rotatable bonds is 4. The van der Waals surface area contributed by atoms with Gasteiger partial charge in [0.25, 0.3) is 0 Å². The van der Waals surface area contributed by atoms with Crippen molar-refractivity contribution >= 4 is 11.6 Å². The average Bonchev–Trinajstić information content (AvgIpc) is 3.10. The fourth-order valence-corrected chi connectivity index (χ4v) is 4.28. The molecule has 24 heavy (non-hydrogen) atoms. The zero-order chi connectivity index (χ0) is 16.4. The number of benzene rings is 2. The molecule has 1 heterocycles. The minimum Gasteiger partial charge on any atom is -0.373 e. The molecule has 0 bridgehead atoms. The van der Waals surface area contributed by atoms with Crippen molar-refractivity contribution in [3.63, 3.8) is 0 Å². The number of ether oxygens (including phenoxy) is 2. The summed E-state index contributed by atoms with van der Waals surface area (Å²) in [6.07, 6.45) is 5.24. The largest absolute Gasteiger partial charge is 0.373 e. The molecule has 2 aromatic rings. The number of hydrogen-bond acceptors (Lipinski definition) is 2. The van der Waals surface area contributed by atoms with Gasteiger partial charge in [0.1, 0.15) is 0 Å². The molecular formula is C21H23ClO2. The van der Waals surface area contributed by atoms with Gasteiger partial charge in [-0.1, -0.05) is 66.6 Å². The van der Waals surface area contributed by atoms with Crippen LogP contribution in [0.5, 0.6) is 0 Å². The number of hydrogen-bond donors (Lipinski definition) is 0. The molecule has 0 aromatic heterocycles. The Morgan fingerprint density at radius 2 is 1.79 bits per heavy atom. The van der Waals surface area contributed by atoms with Crippen molar-refractivity contribution in [2.24, 2.45) is 5.92 Å². The Kier molecular flexibility index (Phi) is 4.88. The highest BCUT2D eigenvalue weighted by Crippen LogP contribution is 2.44. The van der Waals surface area contributed by atoms with Gasteiger partial charge < -0.3 is 9.47 Å². The lowest BCUT2D eigenvalue weighted by Gasteiger charge is -2.39. The van der Waals surface area contributed by atoms with Crippen molar-refractivity contribution < 1.29 is 9.47 Å². The van der Waals surface area contributed by atoms with Crippen molar-refractivity contribution in [2.45, 2.75) is 50.6 Å². The molecule has 2 nitrogen and oxygen atoms in total. The molecular weight excluding hydrogens is 320 g/mol. The quantitative estimate of drug-likeness (QED) is 0.724. The first-order chi connectivity index (χ1) is 11.8. The highest BCUT2D eigenvalue weighted by atomic mass is 35.5. The van der Waals surface area contributed by atoms with Crippen LogP contribution in [0.15, 0.2) is 54.6 Å². The SMILES string of the molecule is Clc1ccccc1CO[C@@H]1C[C@H](c2ccccc2)O[C@@H]2CCC[C@@H]12. The number of fused-ring (bicyclic) bond motifs is 1. The molecule has 1 saturated heterocycles. The Hall–Kier alpha value is -1.35. The minimum atomic E-state index is 0.141. The summed E-state index contributed by atoms with van der Waals surface area (Å²) in [4.78, 5) is 0. The highest BCUT2D eigenvalue weighted by Gasteiger charge is 2.42. The molecule has 1 saturated carbocycles. The third-order valence-corrected chi connectivity index (χ3v) is 5.72. The summed E-state index contributed by atoms with van der Waals surface area (Å²) in [6, 6.07) is 18.5. The molecule has 1 aliphatic carbocycles. The van der Waals surface area contributed by atoms with Crippen LogP contribution >= 0.6 is 11.6 Å². The first kappa shape index (κ1) is 16.1. The van der Waals surface area contributed by atoms with E-state index < -0.39 is 0 Å². The molecule has 0 amide bonds. The van der Waals surface area contributed by atoms with Gasteiger partial charge in [0.2, 0.25) is 0 Å². The third-order valence-electron chi connectivity index (χ3n) is 5.35. The van der Waals surface area contributed by atoms with E-state index in [-0.39, 0.29) is 12.2 Å². The van der Waals surface area contributed by atoms with E-state index in [2.05, 4.69) is 30.3 Å². The zero-order valence-corrected chi connectivity index (χ0v) is 14.5. The van der Waals surface area contributed by atoms with Crippen molar-refractivity contribution in [3.05, 3.63) is 70.7 Å². The molecule has 0 radical (unpaired) electrons. The molecule has 126 valence electrons. The van der Waals surface area contributed by atoms with Crippen LogP contribution in [0.25, 0.3) is 0 Å². The summed E-state index contributed by atoms with van der Waals surface area (Å²) in [7, 11) is 0. The molecule has 1 aliphatic heterocycles.